The fourth-order valence-corrected chi connectivity index (χ4v) is 2.09. The van der Waals surface area contributed by atoms with Gasteiger partial charge in [-0.1, -0.05) is 11.6 Å². The zero-order valence-electron chi connectivity index (χ0n) is 10.3. The largest absolute Gasteiger partial charge is 0.347 e. The molecule has 2 rings (SSSR count). The topological polar surface area (TPSA) is 49.0 Å². The quantitative estimate of drug-likeness (QED) is 0.811. The fraction of sp³-hybridized carbons (Fsp3) is 0.538. The Balaban J connectivity index is 1.84. The van der Waals surface area contributed by atoms with Crippen molar-refractivity contribution in [3.8, 4) is 0 Å². The summed E-state index contributed by atoms with van der Waals surface area (Å²) in [5, 5.41) is 0. The number of rotatable bonds is 4. The van der Waals surface area contributed by atoms with E-state index in [1.165, 1.54) is 18.4 Å². The Kier molecular flexibility index (Phi) is 3.96. The average Bonchev–Trinajstić information content (AvgIpc) is 2.83. The van der Waals surface area contributed by atoms with Gasteiger partial charge < -0.3 is 9.88 Å². The first-order valence-corrected chi connectivity index (χ1v) is 6.16. The van der Waals surface area contributed by atoms with Crippen LogP contribution in [0, 0.1) is 0 Å². The lowest BCUT2D eigenvalue weighted by molar-refractivity contribution is -0.129. The summed E-state index contributed by atoms with van der Waals surface area (Å²) >= 11 is 0. The second-order valence-corrected chi connectivity index (χ2v) is 4.57. The lowest BCUT2D eigenvalue weighted by Crippen LogP contribution is -2.27. The highest BCUT2D eigenvalue weighted by molar-refractivity contribution is 5.78. The van der Waals surface area contributed by atoms with Crippen molar-refractivity contribution in [2.45, 2.75) is 38.6 Å². The van der Waals surface area contributed by atoms with Crippen LogP contribution in [-0.2, 0) is 11.3 Å². The molecule has 1 aliphatic carbocycles. The van der Waals surface area contributed by atoms with E-state index >= 15 is 0 Å². The van der Waals surface area contributed by atoms with Gasteiger partial charge in [0.2, 0.25) is 5.91 Å². The Hall–Kier alpha value is -1.58. The van der Waals surface area contributed by atoms with E-state index in [-0.39, 0.29) is 5.91 Å². The molecule has 0 spiro atoms. The highest BCUT2D eigenvalue weighted by Gasteiger charge is 2.13. The van der Waals surface area contributed by atoms with Gasteiger partial charge in [-0.2, -0.15) is 0 Å². The van der Waals surface area contributed by atoms with Crippen LogP contribution in [0.1, 0.15) is 37.9 Å². The van der Waals surface area contributed by atoms with Crippen LogP contribution in [0.4, 0.5) is 0 Å². The van der Waals surface area contributed by atoms with E-state index in [1.54, 1.807) is 17.3 Å². The third-order valence-corrected chi connectivity index (χ3v) is 3.13. The number of nitrogens with one attached hydrogen (secondary N) is 1. The molecule has 1 N–H and O–H groups in total. The number of nitrogens with zero attached hydrogens (tertiary/aromatic N) is 2. The molecule has 0 bridgehead atoms. The zero-order chi connectivity index (χ0) is 12.1. The number of amides is 1. The van der Waals surface area contributed by atoms with Crippen LogP contribution < -0.4 is 0 Å². The molecule has 1 amide bonds. The van der Waals surface area contributed by atoms with Crippen molar-refractivity contribution in [3.05, 3.63) is 29.9 Å². The molecule has 1 aromatic rings. The summed E-state index contributed by atoms with van der Waals surface area (Å²) in [6, 6.07) is 0. The zero-order valence-corrected chi connectivity index (χ0v) is 10.3. The molecule has 0 saturated heterocycles. The summed E-state index contributed by atoms with van der Waals surface area (Å²) in [6.45, 7) is 0.555. The molecule has 92 valence electrons. The fourth-order valence-electron chi connectivity index (χ4n) is 2.09. The minimum absolute atomic E-state index is 0.176. The second kappa shape index (κ2) is 5.66. The standard InChI is InChI=1S/C13H19N3O/c1-16(10-12-14-7-8-15-12)13(17)9-11-5-3-2-4-6-11/h5,7-8H,2-4,6,9-10H2,1H3,(H,14,15). The van der Waals surface area contributed by atoms with E-state index in [0.29, 0.717) is 13.0 Å². The van der Waals surface area contributed by atoms with Gasteiger partial charge in [0.1, 0.15) is 5.82 Å². The summed E-state index contributed by atoms with van der Waals surface area (Å²) in [5.74, 6) is 1.01. The molecule has 4 heteroatoms. The monoisotopic (exact) mass is 233 g/mol. The number of carbonyl (C=O) groups is 1. The minimum atomic E-state index is 0.176. The van der Waals surface area contributed by atoms with Gasteiger partial charge in [-0.25, -0.2) is 4.98 Å². The van der Waals surface area contributed by atoms with E-state index < -0.39 is 0 Å². The molecule has 1 aliphatic rings. The summed E-state index contributed by atoms with van der Waals surface area (Å²) < 4.78 is 0. The van der Waals surface area contributed by atoms with Crippen LogP contribution in [0.5, 0.6) is 0 Å². The number of H-pyrrole nitrogens is 1. The third kappa shape index (κ3) is 3.44. The Labute approximate surface area is 102 Å². The first kappa shape index (κ1) is 11.9. The molecular formula is C13H19N3O. The lowest BCUT2D eigenvalue weighted by atomic mass is 9.97. The molecule has 0 aromatic carbocycles. The summed E-state index contributed by atoms with van der Waals surface area (Å²) in [7, 11) is 1.83. The highest BCUT2D eigenvalue weighted by Crippen LogP contribution is 2.20. The van der Waals surface area contributed by atoms with Crippen LogP contribution in [0.15, 0.2) is 24.0 Å². The van der Waals surface area contributed by atoms with Crippen molar-refractivity contribution in [2.75, 3.05) is 7.05 Å². The van der Waals surface area contributed by atoms with Gasteiger partial charge in [0, 0.05) is 25.9 Å². The van der Waals surface area contributed by atoms with E-state index in [1.807, 2.05) is 7.05 Å². The number of imidazole rings is 1. The average molecular weight is 233 g/mol. The lowest BCUT2D eigenvalue weighted by Gasteiger charge is -2.18. The van der Waals surface area contributed by atoms with Crippen LogP contribution in [0.2, 0.25) is 0 Å². The molecule has 1 aromatic heterocycles. The smallest absolute Gasteiger partial charge is 0.226 e. The number of allylic oxidation sites excluding steroid dienone is 1. The molecule has 0 radical (unpaired) electrons. The maximum absolute atomic E-state index is 12.0. The van der Waals surface area contributed by atoms with Crippen molar-refractivity contribution < 1.29 is 4.79 Å². The maximum atomic E-state index is 12.0. The number of carbonyl (C=O) groups excluding carboxylic acids is 1. The molecule has 0 fully saturated rings. The Morgan fingerprint density at radius 3 is 3.06 bits per heavy atom. The Morgan fingerprint density at radius 1 is 1.53 bits per heavy atom. The van der Waals surface area contributed by atoms with Gasteiger partial charge in [-0.3, -0.25) is 4.79 Å². The summed E-state index contributed by atoms with van der Waals surface area (Å²) in [4.78, 5) is 20.8. The normalized spacial score (nSPS) is 15.5. The number of hydrogen-bond donors (Lipinski definition) is 1. The van der Waals surface area contributed by atoms with Gasteiger partial charge in [0.25, 0.3) is 0 Å². The van der Waals surface area contributed by atoms with E-state index in [4.69, 9.17) is 0 Å². The summed E-state index contributed by atoms with van der Waals surface area (Å²) in [6.07, 6.45) is 11.0. The molecule has 0 unspecified atom stereocenters. The maximum Gasteiger partial charge on any atom is 0.226 e. The number of aromatic nitrogens is 2. The molecule has 0 saturated carbocycles. The van der Waals surface area contributed by atoms with Crippen LogP contribution in [0.3, 0.4) is 0 Å². The highest BCUT2D eigenvalue weighted by atomic mass is 16.2. The predicted molar refractivity (Wildman–Crippen MR) is 66.2 cm³/mol. The minimum Gasteiger partial charge on any atom is -0.347 e. The molecule has 0 aliphatic heterocycles. The van der Waals surface area contributed by atoms with Crippen LogP contribution in [0.25, 0.3) is 0 Å². The molecule has 0 atom stereocenters. The molecule has 4 nitrogen and oxygen atoms in total. The van der Waals surface area contributed by atoms with E-state index in [2.05, 4.69) is 16.0 Å². The van der Waals surface area contributed by atoms with Gasteiger partial charge in [0.05, 0.1) is 6.54 Å². The molecular weight excluding hydrogens is 214 g/mol. The van der Waals surface area contributed by atoms with Crippen molar-refractivity contribution >= 4 is 5.91 Å². The van der Waals surface area contributed by atoms with Crippen molar-refractivity contribution in [3.63, 3.8) is 0 Å². The Morgan fingerprint density at radius 2 is 2.41 bits per heavy atom. The predicted octanol–water partition coefficient (Wildman–Crippen LogP) is 2.26. The Bertz CT molecular complexity index is 395. The first-order chi connectivity index (χ1) is 8.25. The van der Waals surface area contributed by atoms with Gasteiger partial charge >= 0.3 is 0 Å². The second-order valence-electron chi connectivity index (χ2n) is 4.57. The van der Waals surface area contributed by atoms with Gasteiger partial charge in [-0.15, -0.1) is 0 Å². The first-order valence-electron chi connectivity index (χ1n) is 6.16. The van der Waals surface area contributed by atoms with Crippen molar-refractivity contribution in [2.24, 2.45) is 0 Å². The molecule has 1 heterocycles. The number of aromatic amines is 1. The van der Waals surface area contributed by atoms with Gasteiger partial charge in [-0.05, 0) is 25.7 Å². The van der Waals surface area contributed by atoms with Crippen LogP contribution >= 0.6 is 0 Å². The van der Waals surface area contributed by atoms with Crippen molar-refractivity contribution in [1.82, 2.24) is 14.9 Å². The molecule has 17 heavy (non-hydrogen) atoms. The van der Waals surface area contributed by atoms with E-state index in [9.17, 15) is 4.79 Å². The van der Waals surface area contributed by atoms with Gasteiger partial charge in [0.15, 0.2) is 0 Å². The van der Waals surface area contributed by atoms with E-state index in [0.717, 1.165) is 18.7 Å². The van der Waals surface area contributed by atoms with Crippen LogP contribution in [-0.4, -0.2) is 27.8 Å². The van der Waals surface area contributed by atoms with Crippen molar-refractivity contribution in [1.29, 1.82) is 0 Å². The SMILES string of the molecule is CN(Cc1ncc[nH]1)C(=O)CC1=CCCCC1. The number of hydrogen-bond acceptors (Lipinski definition) is 2. The summed E-state index contributed by atoms with van der Waals surface area (Å²) in [5.41, 5.74) is 1.30. The third-order valence-electron chi connectivity index (χ3n) is 3.13.